The molecule has 0 aliphatic heterocycles. The summed E-state index contributed by atoms with van der Waals surface area (Å²) in [4.78, 5) is 4.15. The Morgan fingerprint density at radius 2 is 2.29 bits per heavy atom. The first kappa shape index (κ1) is 13.7. The van der Waals surface area contributed by atoms with Gasteiger partial charge in [-0.3, -0.25) is 4.98 Å². The molecule has 0 aliphatic carbocycles. The van der Waals surface area contributed by atoms with Crippen LogP contribution in [0, 0.1) is 18.8 Å². The summed E-state index contributed by atoms with van der Waals surface area (Å²) >= 11 is 0. The van der Waals surface area contributed by atoms with Crippen molar-refractivity contribution < 1.29 is 0 Å². The van der Waals surface area contributed by atoms with Crippen molar-refractivity contribution in [3.63, 3.8) is 0 Å². The van der Waals surface area contributed by atoms with Gasteiger partial charge in [-0.2, -0.15) is 0 Å². The van der Waals surface area contributed by atoms with E-state index in [4.69, 9.17) is 0 Å². The van der Waals surface area contributed by atoms with Crippen molar-refractivity contribution in [3.05, 3.63) is 29.6 Å². The third kappa shape index (κ3) is 4.58. The fourth-order valence-electron chi connectivity index (χ4n) is 1.90. The summed E-state index contributed by atoms with van der Waals surface area (Å²) in [6.45, 7) is 7.25. The molecule has 0 aromatic carbocycles. The van der Waals surface area contributed by atoms with Gasteiger partial charge in [-0.1, -0.05) is 6.92 Å². The quantitative estimate of drug-likeness (QED) is 0.759. The molecule has 0 bridgehead atoms. The van der Waals surface area contributed by atoms with Gasteiger partial charge in [0.1, 0.15) is 0 Å². The zero-order valence-electron chi connectivity index (χ0n) is 11.1. The molecule has 0 radical (unpaired) electrons. The van der Waals surface area contributed by atoms with Crippen molar-refractivity contribution >= 4 is 0 Å². The first-order valence-corrected chi connectivity index (χ1v) is 6.33. The molecule has 1 rings (SSSR count). The van der Waals surface area contributed by atoms with Crippen LogP contribution in [0.4, 0.5) is 0 Å². The van der Waals surface area contributed by atoms with Crippen molar-refractivity contribution in [2.24, 2.45) is 0 Å². The number of aromatic nitrogens is 1. The predicted molar refractivity (Wildman–Crippen MR) is 72.7 cm³/mol. The molecule has 0 spiro atoms. The summed E-state index contributed by atoms with van der Waals surface area (Å²) < 4.78 is 0. The van der Waals surface area contributed by atoms with Crippen LogP contribution in [0.15, 0.2) is 18.5 Å². The highest BCUT2D eigenvalue weighted by molar-refractivity contribution is 5.25. The molecule has 0 saturated heterocycles. The third-order valence-electron chi connectivity index (χ3n) is 2.81. The predicted octanol–water partition coefficient (Wildman–Crippen LogP) is 3.23. The molecule has 0 saturated carbocycles. The van der Waals surface area contributed by atoms with E-state index in [9.17, 15) is 0 Å². The lowest BCUT2D eigenvalue weighted by atomic mass is 9.99. The van der Waals surface area contributed by atoms with E-state index in [1.54, 1.807) is 0 Å². The minimum atomic E-state index is 0.402. The Hall–Kier alpha value is -1.33. The Bertz CT molecular complexity index is 387. The van der Waals surface area contributed by atoms with Crippen LogP contribution in [0.5, 0.6) is 0 Å². The van der Waals surface area contributed by atoms with E-state index in [-0.39, 0.29) is 0 Å². The monoisotopic (exact) mass is 230 g/mol. The van der Waals surface area contributed by atoms with Crippen LogP contribution in [-0.4, -0.2) is 11.5 Å². The minimum Gasteiger partial charge on any atom is -0.310 e. The molecule has 2 nitrogen and oxygen atoms in total. The first-order valence-electron chi connectivity index (χ1n) is 6.33. The van der Waals surface area contributed by atoms with Gasteiger partial charge in [-0.15, -0.1) is 11.8 Å². The van der Waals surface area contributed by atoms with E-state index in [2.05, 4.69) is 42.1 Å². The summed E-state index contributed by atoms with van der Waals surface area (Å²) in [5, 5.41) is 3.59. The van der Waals surface area contributed by atoms with Crippen LogP contribution in [0.2, 0.25) is 0 Å². The smallest absolute Gasteiger partial charge is 0.0333 e. The highest BCUT2D eigenvalue weighted by Crippen LogP contribution is 2.20. The molecule has 1 aromatic heterocycles. The van der Waals surface area contributed by atoms with Gasteiger partial charge in [0.15, 0.2) is 0 Å². The molecule has 0 aliphatic rings. The zero-order valence-corrected chi connectivity index (χ0v) is 11.1. The lowest BCUT2D eigenvalue weighted by Crippen LogP contribution is -2.22. The minimum absolute atomic E-state index is 0.402. The fraction of sp³-hybridized carbons (Fsp3) is 0.533. The Kier molecular flexibility index (Phi) is 6.35. The van der Waals surface area contributed by atoms with Gasteiger partial charge in [0.05, 0.1) is 0 Å². The zero-order chi connectivity index (χ0) is 12.5. The van der Waals surface area contributed by atoms with Crippen molar-refractivity contribution in [2.45, 2.75) is 46.1 Å². The largest absolute Gasteiger partial charge is 0.310 e. The molecule has 1 heterocycles. The number of aryl methyl sites for hydroxylation is 1. The van der Waals surface area contributed by atoms with Crippen LogP contribution < -0.4 is 5.32 Å². The summed E-state index contributed by atoms with van der Waals surface area (Å²) in [5.74, 6) is 6.09. The lowest BCUT2D eigenvalue weighted by molar-refractivity contribution is 0.503. The number of nitrogens with one attached hydrogen (secondary N) is 1. The van der Waals surface area contributed by atoms with Gasteiger partial charge in [0.2, 0.25) is 0 Å². The Morgan fingerprint density at radius 1 is 1.47 bits per heavy atom. The topological polar surface area (TPSA) is 24.9 Å². The van der Waals surface area contributed by atoms with Crippen molar-refractivity contribution in [3.8, 4) is 11.8 Å². The standard InChI is InChI=1S/C15H22N2/c1-4-6-7-8-15(17-10-5-2)14-9-11-16-12-13(14)3/h9,11-12,15,17H,5,7-8,10H2,1-3H3. The summed E-state index contributed by atoms with van der Waals surface area (Å²) in [7, 11) is 0. The number of rotatable bonds is 6. The van der Waals surface area contributed by atoms with E-state index in [0.717, 1.165) is 25.8 Å². The van der Waals surface area contributed by atoms with E-state index in [1.807, 2.05) is 19.3 Å². The maximum Gasteiger partial charge on any atom is 0.0333 e. The highest BCUT2D eigenvalue weighted by Gasteiger charge is 2.11. The Morgan fingerprint density at radius 3 is 2.94 bits per heavy atom. The average Bonchev–Trinajstić information content (AvgIpc) is 2.35. The SMILES string of the molecule is CC#CCCC(NCCC)c1ccncc1C. The molecule has 0 amide bonds. The fourth-order valence-corrected chi connectivity index (χ4v) is 1.90. The Labute approximate surface area is 105 Å². The lowest BCUT2D eigenvalue weighted by Gasteiger charge is -2.19. The van der Waals surface area contributed by atoms with E-state index in [1.165, 1.54) is 11.1 Å². The second kappa shape index (κ2) is 7.86. The molecule has 2 heteroatoms. The molecule has 1 unspecified atom stereocenters. The van der Waals surface area contributed by atoms with Crippen molar-refractivity contribution in [2.75, 3.05) is 6.54 Å². The maximum atomic E-state index is 4.15. The molecule has 0 fully saturated rings. The number of nitrogens with zero attached hydrogens (tertiary/aromatic N) is 1. The highest BCUT2D eigenvalue weighted by atomic mass is 14.9. The van der Waals surface area contributed by atoms with E-state index < -0.39 is 0 Å². The molecule has 1 N–H and O–H groups in total. The average molecular weight is 230 g/mol. The second-order valence-electron chi connectivity index (χ2n) is 4.20. The van der Waals surface area contributed by atoms with Gasteiger partial charge in [0.25, 0.3) is 0 Å². The molecular formula is C15H22N2. The van der Waals surface area contributed by atoms with Crippen LogP contribution in [0.1, 0.15) is 50.3 Å². The Balaban J connectivity index is 2.73. The normalized spacial score (nSPS) is 11.7. The van der Waals surface area contributed by atoms with Gasteiger partial charge >= 0.3 is 0 Å². The van der Waals surface area contributed by atoms with Crippen LogP contribution in [0.3, 0.4) is 0 Å². The molecular weight excluding hydrogens is 208 g/mol. The molecule has 17 heavy (non-hydrogen) atoms. The first-order chi connectivity index (χ1) is 8.29. The van der Waals surface area contributed by atoms with Crippen LogP contribution >= 0.6 is 0 Å². The van der Waals surface area contributed by atoms with Crippen LogP contribution in [0.25, 0.3) is 0 Å². The molecule has 1 atom stereocenters. The van der Waals surface area contributed by atoms with Gasteiger partial charge in [0, 0.05) is 24.9 Å². The second-order valence-corrected chi connectivity index (χ2v) is 4.20. The van der Waals surface area contributed by atoms with Crippen LogP contribution in [-0.2, 0) is 0 Å². The number of hydrogen-bond acceptors (Lipinski definition) is 2. The number of hydrogen-bond donors (Lipinski definition) is 1. The van der Waals surface area contributed by atoms with E-state index in [0.29, 0.717) is 6.04 Å². The number of pyridine rings is 1. The molecule has 1 aromatic rings. The van der Waals surface area contributed by atoms with Crippen molar-refractivity contribution in [1.82, 2.24) is 10.3 Å². The van der Waals surface area contributed by atoms with Gasteiger partial charge in [-0.05, 0) is 50.4 Å². The molecule has 92 valence electrons. The summed E-state index contributed by atoms with van der Waals surface area (Å²) in [6.07, 6.45) is 6.96. The maximum absolute atomic E-state index is 4.15. The third-order valence-corrected chi connectivity index (χ3v) is 2.81. The van der Waals surface area contributed by atoms with Gasteiger partial charge < -0.3 is 5.32 Å². The van der Waals surface area contributed by atoms with E-state index >= 15 is 0 Å². The summed E-state index contributed by atoms with van der Waals surface area (Å²) in [6, 6.07) is 2.51. The van der Waals surface area contributed by atoms with Crippen molar-refractivity contribution in [1.29, 1.82) is 0 Å². The van der Waals surface area contributed by atoms with Gasteiger partial charge in [-0.25, -0.2) is 0 Å². The summed E-state index contributed by atoms with van der Waals surface area (Å²) in [5.41, 5.74) is 2.61.